The lowest BCUT2D eigenvalue weighted by atomic mass is 10.2. The van der Waals surface area contributed by atoms with Crippen LogP contribution in [0.2, 0.25) is 0 Å². The number of hydrogen-bond acceptors (Lipinski definition) is 3. The van der Waals surface area contributed by atoms with E-state index >= 15 is 0 Å². The molecule has 2 amide bonds. The summed E-state index contributed by atoms with van der Waals surface area (Å²) in [6.07, 6.45) is 2.22. The van der Waals surface area contributed by atoms with Crippen LogP contribution in [0, 0.1) is 5.82 Å². The summed E-state index contributed by atoms with van der Waals surface area (Å²) < 4.78 is 24.6. The molecule has 1 aromatic carbocycles. The zero-order valence-corrected chi connectivity index (χ0v) is 12.0. The molecule has 116 valence electrons. The third kappa shape index (κ3) is 3.21. The molecule has 5 nitrogen and oxygen atoms in total. The lowest BCUT2D eigenvalue weighted by Crippen LogP contribution is -2.41. The van der Waals surface area contributed by atoms with Gasteiger partial charge in [0, 0.05) is 18.5 Å². The molecule has 0 aliphatic carbocycles. The predicted octanol–water partition coefficient (Wildman–Crippen LogP) is 2.57. The highest BCUT2D eigenvalue weighted by atomic mass is 19.1. The number of hydrogen-bond donors (Lipinski definition) is 1. The fraction of sp³-hybridized carbons (Fsp3) is 0.312. The Morgan fingerprint density at radius 1 is 1.32 bits per heavy atom. The second kappa shape index (κ2) is 6.51. The maximum atomic E-state index is 13.9. The minimum atomic E-state index is -0.354. The van der Waals surface area contributed by atoms with E-state index in [-0.39, 0.29) is 18.4 Å². The number of benzene rings is 1. The van der Waals surface area contributed by atoms with Crippen LogP contribution in [0.5, 0.6) is 5.75 Å². The zero-order valence-electron chi connectivity index (χ0n) is 12.0. The van der Waals surface area contributed by atoms with E-state index in [1.165, 1.54) is 6.07 Å². The quantitative estimate of drug-likeness (QED) is 0.948. The SMILES string of the molecule is O=C(NCCc1ccco1)N1CCOc2cccc(F)c2C1. The van der Waals surface area contributed by atoms with Crippen LogP contribution in [0.25, 0.3) is 0 Å². The minimum absolute atomic E-state index is 0.203. The maximum Gasteiger partial charge on any atom is 0.317 e. The first-order chi connectivity index (χ1) is 10.7. The van der Waals surface area contributed by atoms with Crippen molar-refractivity contribution in [3.05, 3.63) is 53.7 Å². The molecule has 0 saturated carbocycles. The van der Waals surface area contributed by atoms with Gasteiger partial charge in [0.2, 0.25) is 0 Å². The Bertz CT molecular complexity index is 643. The molecule has 22 heavy (non-hydrogen) atoms. The van der Waals surface area contributed by atoms with Gasteiger partial charge < -0.3 is 19.4 Å². The Morgan fingerprint density at radius 3 is 3.05 bits per heavy atom. The summed E-state index contributed by atoms with van der Waals surface area (Å²) in [6.45, 7) is 1.44. The van der Waals surface area contributed by atoms with E-state index in [0.29, 0.717) is 37.4 Å². The van der Waals surface area contributed by atoms with Gasteiger partial charge in [-0.15, -0.1) is 0 Å². The molecule has 0 fully saturated rings. The van der Waals surface area contributed by atoms with Crippen LogP contribution >= 0.6 is 0 Å². The van der Waals surface area contributed by atoms with Gasteiger partial charge in [-0.1, -0.05) is 6.07 Å². The van der Waals surface area contributed by atoms with Gasteiger partial charge >= 0.3 is 6.03 Å². The molecule has 0 atom stereocenters. The number of fused-ring (bicyclic) bond motifs is 1. The number of carbonyl (C=O) groups excluding carboxylic acids is 1. The molecule has 1 N–H and O–H groups in total. The summed E-state index contributed by atoms with van der Waals surface area (Å²) in [6, 6.07) is 8.14. The van der Waals surface area contributed by atoms with Crippen molar-refractivity contribution in [1.82, 2.24) is 10.2 Å². The van der Waals surface area contributed by atoms with E-state index in [9.17, 15) is 9.18 Å². The van der Waals surface area contributed by atoms with Crippen molar-refractivity contribution in [3.63, 3.8) is 0 Å². The van der Waals surface area contributed by atoms with Crippen LogP contribution in [0.4, 0.5) is 9.18 Å². The van der Waals surface area contributed by atoms with Crippen molar-refractivity contribution >= 4 is 6.03 Å². The van der Waals surface area contributed by atoms with Crippen molar-refractivity contribution in [1.29, 1.82) is 0 Å². The summed E-state index contributed by atoms with van der Waals surface area (Å²) in [5, 5.41) is 2.82. The highest BCUT2D eigenvalue weighted by Crippen LogP contribution is 2.25. The van der Waals surface area contributed by atoms with E-state index in [4.69, 9.17) is 9.15 Å². The highest BCUT2D eigenvalue weighted by Gasteiger charge is 2.21. The van der Waals surface area contributed by atoms with E-state index in [2.05, 4.69) is 5.32 Å². The number of urea groups is 1. The molecule has 0 radical (unpaired) electrons. The molecule has 6 heteroatoms. The number of halogens is 1. The first-order valence-corrected chi connectivity index (χ1v) is 7.19. The van der Waals surface area contributed by atoms with Crippen LogP contribution in [0.1, 0.15) is 11.3 Å². The van der Waals surface area contributed by atoms with Crippen molar-refractivity contribution in [2.75, 3.05) is 19.7 Å². The number of nitrogens with one attached hydrogen (secondary N) is 1. The zero-order chi connectivity index (χ0) is 15.4. The molecule has 0 spiro atoms. The number of carbonyl (C=O) groups is 1. The largest absolute Gasteiger partial charge is 0.491 e. The number of amides is 2. The van der Waals surface area contributed by atoms with Gasteiger partial charge in [0.25, 0.3) is 0 Å². The number of nitrogens with zero attached hydrogens (tertiary/aromatic N) is 1. The normalized spacial score (nSPS) is 14.0. The molecule has 3 rings (SSSR count). The molecule has 0 unspecified atom stereocenters. The monoisotopic (exact) mass is 304 g/mol. The molecule has 1 aliphatic rings. The van der Waals surface area contributed by atoms with Gasteiger partial charge in [-0.3, -0.25) is 0 Å². The standard InChI is InChI=1S/C16H17FN2O3/c17-14-4-1-5-15-13(14)11-19(8-10-22-15)16(20)18-7-6-12-3-2-9-21-12/h1-5,9H,6-8,10-11H2,(H,18,20). The van der Waals surface area contributed by atoms with Gasteiger partial charge in [-0.2, -0.15) is 0 Å². The lowest BCUT2D eigenvalue weighted by molar-refractivity contribution is 0.187. The topological polar surface area (TPSA) is 54.7 Å². The highest BCUT2D eigenvalue weighted by molar-refractivity contribution is 5.74. The molecule has 1 aliphatic heterocycles. The van der Waals surface area contributed by atoms with Crippen LogP contribution in [0.3, 0.4) is 0 Å². The molecular weight excluding hydrogens is 287 g/mol. The molecule has 1 aromatic heterocycles. The Kier molecular flexibility index (Phi) is 4.27. The summed E-state index contributed by atoms with van der Waals surface area (Å²) in [4.78, 5) is 13.8. The summed E-state index contributed by atoms with van der Waals surface area (Å²) in [5.41, 5.74) is 0.418. The summed E-state index contributed by atoms with van der Waals surface area (Å²) in [5.74, 6) is 0.967. The average Bonchev–Trinajstić information content (AvgIpc) is 2.92. The molecule has 2 heterocycles. The second-order valence-electron chi connectivity index (χ2n) is 5.05. The second-order valence-corrected chi connectivity index (χ2v) is 5.05. The Labute approximate surface area is 127 Å². The van der Waals surface area contributed by atoms with E-state index in [0.717, 1.165) is 5.76 Å². The van der Waals surface area contributed by atoms with Crippen LogP contribution < -0.4 is 10.1 Å². The van der Waals surface area contributed by atoms with Crippen LogP contribution in [0.15, 0.2) is 41.0 Å². The van der Waals surface area contributed by atoms with Gasteiger partial charge in [0.15, 0.2) is 0 Å². The smallest absolute Gasteiger partial charge is 0.317 e. The number of ether oxygens (including phenoxy) is 1. The maximum absolute atomic E-state index is 13.9. The fourth-order valence-electron chi connectivity index (χ4n) is 2.40. The van der Waals surface area contributed by atoms with Gasteiger partial charge in [0.05, 0.1) is 19.4 Å². The first-order valence-electron chi connectivity index (χ1n) is 7.19. The third-order valence-corrected chi connectivity index (χ3v) is 3.56. The van der Waals surface area contributed by atoms with Gasteiger partial charge in [-0.05, 0) is 24.3 Å². The van der Waals surface area contributed by atoms with E-state index < -0.39 is 0 Å². The van der Waals surface area contributed by atoms with Crippen LogP contribution in [-0.4, -0.2) is 30.6 Å². The van der Waals surface area contributed by atoms with Crippen molar-refractivity contribution in [2.45, 2.75) is 13.0 Å². The average molecular weight is 304 g/mol. The number of furan rings is 1. The molecular formula is C16H17FN2O3. The lowest BCUT2D eigenvalue weighted by Gasteiger charge is -2.20. The van der Waals surface area contributed by atoms with Gasteiger partial charge in [0.1, 0.15) is 23.9 Å². The molecule has 2 aromatic rings. The first kappa shape index (κ1) is 14.4. The third-order valence-electron chi connectivity index (χ3n) is 3.56. The van der Waals surface area contributed by atoms with Crippen LogP contribution in [-0.2, 0) is 13.0 Å². The van der Waals surface area contributed by atoms with Gasteiger partial charge in [-0.25, -0.2) is 9.18 Å². The van der Waals surface area contributed by atoms with E-state index in [1.54, 1.807) is 23.3 Å². The number of rotatable bonds is 3. The van der Waals surface area contributed by atoms with Crippen molar-refractivity contribution < 1.29 is 18.3 Å². The molecule has 0 saturated heterocycles. The summed E-state index contributed by atoms with van der Waals surface area (Å²) in [7, 11) is 0. The summed E-state index contributed by atoms with van der Waals surface area (Å²) >= 11 is 0. The van der Waals surface area contributed by atoms with Crippen molar-refractivity contribution in [3.8, 4) is 5.75 Å². The Hall–Kier alpha value is -2.50. The van der Waals surface area contributed by atoms with Crippen molar-refractivity contribution in [2.24, 2.45) is 0 Å². The Morgan fingerprint density at radius 2 is 2.23 bits per heavy atom. The Balaban J connectivity index is 1.59. The minimum Gasteiger partial charge on any atom is -0.491 e. The van der Waals surface area contributed by atoms with E-state index in [1.807, 2.05) is 12.1 Å². The predicted molar refractivity (Wildman–Crippen MR) is 78.1 cm³/mol. The molecule has 0 bridgehead atoms. The fourth-order valence-corrected chi connectivity index (χ4v) is 2.40.